The molecule has 19 heteroatoms. The minimum Gasteiger partial charge on any atom is -0.394 e. The summed E-state index contributed by atoms with van der Waals surface area (Å²) in [6.07, 6.45) is 18.8. The Balaban J connectivity index is 1.23. The van der Waals surface area contributed by atoms with Crippen LogP contribution < -0.4 is 5.32 Å². The summed E-state index contributed by atoms with van der Waals surface area (Å²) < 4.78 is 34.0. The number of hydrogen-bond acceptors (Lipinski definition) is 18. The summed E-state index contributed by atoms with van der Waals surface area (Å²) in [4.78, 5) is 12.7. The van der Waals surface area contributed by atoms with Crippen molar-refractivity contribution in [2.24, 2.45) is 0 Å². The number of rotatable bonds is 48. The van der Waals surface area contributed by atoms with E-state index in [0.29, 0.717) is 12.8 Å². The average molecular weight is 1140 g/mol. The molecule has 3 fully saturated rings. The lowest BCUT2D eigenvalue weighted by Gasteiger charge is -2.48. The lowest BCUT2D eigenvalue weighted by Crippen LogP contribution is -2.66. The highest BCUT2D eigenvalue weighted by Crippen LogP contribution is 2.33. The molecule has 3 rings (SSSR count). The molecule has 0 bridgehead atoms. The summed E-state index contributed by atoms with van der Waals surface area (Å²) in [7, 11) is 0. The molecular weight excluding hydrogens is 1020 g/mol. The van der Waals surface area contributed by atoms with Crippen LogP contribution in [0.25, 0.3) is 0 Å². The van der Waals surface area contributed by atoms with E-state index in [2.05, 4.69) is 12.2 Å². The van der Waals surface area contributed by atoms with Gasteiger partial charge in [0.15, 0.2) is 18.9 Å². The van der Waals surface area contributed by atoms with Gasteiger partial charge in [0.1, 0.15) is 73.2 Å². The maximum atomic E-state index is 12.7. The van der Waals surface area contributed by atoms with Crippen LogP contribution in [0.3, 0.4) is 0 Å². The standard InChI is InChI=1S/C60H115NO18/c1-3-5-6-7-8-9-10-11-12-13-14-15-16-17-18-19-20-21-22-23-24-25-26-27-28-29-30-31-32-33-34-35-36-38-44(65)43(61-48(66)37-4-2)42-74-58-54(72)51(69)56(46(40-63)76-58)79-60-55(73)52(70)57(47(41-64)77-60)78-59-53(71)50(68)49(67)45(39-62)75-59/h43-47,49-60,62-65,67-73H,3-42H2,1-2H3,(H,61,66). The zero-order valence-electron chi connectivity index (χ0n) is 48.9. The fraction of sp³-hybridized carbons (Fsp3) is 0.983. The second-order valence-corrected chi connectivity index (χ2v) is 23.2. The highest BCUT2D eigenvalue weighted by molar-refractivity contribution is 5.76. The number of aliphatic hydroxyl groups is 11. The van der Waals surface area contributed by atoms with Gasteiger partial charge < -0.3 is 89.9 Å². The maximum Gasteiger partial charge on any atom is 0.220 e. The van der Waals surface area contributed by atoms with Crippen LogP contribution >= 0.6 is 0 Å². The van der Waals surface area contributed by atoms with Crippen LogP contribution in [0.15, 0.2) is 0 Å². The van der Waals surface area contributed by atoms with E-state index in [0.717, 1.165) is 25.7 Å². The van der Waals surface area contributed by atoms with Crippen molar-refractivity contribution >= 4 is 5.91 Å². The molecule has 3 heterocycles. The molecule has 0 saturated carbocycles. The number of amides is 1. The number of carbonyl (C=O) groups excluding carboxylic acids is 1. The molecule has 17 atom stereocenters. The molecule has 0 aromatic heterocycles. The monoisotopic (exact) mass is 1140 g/mol. The van der Waals surface area contributed by atoms with E-state index in [1.165, 1.54) is 186 Å². The Morgan fingerprint density at radius 1 is 0.405 bits per heavy atom. The van der Waals surface area contributed by atoms with Gasteiger partial charge in [0.25, 0.3) is 0 Å². The summed E-state index contributed by atoms with van der Waals surface area (Å²) in [6.45, 7) is 1.44. The number of unbranched alkanes of at least 4 members (excludes halogenated alkanes) is 32. The first kappa shape index (κ1) is 72.1. The van der Waals surface area contributed by atoms with E-state index in [-0.39, 0.29) is 18.9 Å². The van der Waals surface area contributed by atoms with Crippen LogP contribution in [0, 0.1) is 0 Å². The lowest BCUT2D eigenvalue weighted by molar-refractivity contribution is -0.379. The molecular formula is C60H115NO18. The molecule has 0 aromatic rings. The lowest BCUT2D eigenvalue weighted by atomic mass is 9.96. The number of aliphatic hydroxyl groups excluding tert-OH is 11. The van der Waals surface area contributed by atoms with E-state index >= 15 is 0 Å². The van der Waals surface area contributed by atoms with Crippen molar-refractivity contribution in [3.05, 3.63) is 0 Å². The molecule has 3 aliphatic heterocycles. The Bertz CT molecular complexity index is 1450. The number of carbonyl (C=O) groups is 1. The van der Waals surface area contributed by atoms with E-state index in [1.54, 1.807) is 0 Å². The van der Waals surface area contributed by atoms with E-state index in [9.17, 15) is 61.0 Å². The predicted molar refractivity (Wildman–Crippen MR) is 300 cm³/mol. The average Bonchev–Trinajstić information content (AvgIpc) is 3.49. The molecule has 1 amide bonds. The van der Waals surface area contributed by atoms with Crippen molar-refractivity contribution in [1.29, 1.82) is 0 Å². The molecule has 0 aliphatic carbocycles. The third kappa shape index (κ3) is 28.0. The number of nitrogens with one attached hydrogen (secondary N) is 1. The fourth-order valence-corrected chi connectivity index (χ4v) is 11.2. The van der Waals surface area contributed by atoms with E-state index < -0.39 is 124 Å². The molecule has 79 heavy (non-hydrogen) atoms. The Morgan fingerprint density at radius 3 is 1.08 bits per heavy atom. The molecule has 0 spiro atoms. The molecule has 3 saturated heterocycles. The van der Waals surface area contributed by atoms with Crippen molar-refractivity contribution in [3.8, 4) is 0 Å². The highest BCUT2D eigenvalue weighted by atomic mass is 16.8. The molecule has 468 valence electrons. The molecule has 12 N–H and O–H groups in total. The van der Waals surface area contributed by atoms with Gasteiger partial charge in [-0.3, -0.25) is 4.79 Å². The second-order valence-electron chi connectivity index (χ2n) is 23.2. The van der Waals surface area contributed by atoms with Crippen molar-refractivity contribution in [2.45, 2.75) is 349 Å². The van der Waals surface area contributed by atoms with Gasteiger partial charge in [-0.25, -0.2) is 0 Å². The maximum absolute atomic E-state index is 12.7. The first-order valence-electron chi connectivity index (χ1n) is 31.8. The quantitative estimate of drug-likeness (QED) is 0.0294. The van der Waals surface area contributed by atoms with Crippen LogP contribution in [0.2, 0.25) is 0 Å². The minimum atomic E-state index is -1.97. The van der Waals surface area contributed by atoms with Crippen LogP contribution in [0.4, 0.5) is 0 Å². The first-order chi connectivity index (χ1) is 38.3. The molecule has 3 aliphatic rings. The second kappa shape index (κ2) is 44.3. The summed E-state index contributed by atoms with van der Waals surface area (Å²) >= 11 is 0. The van der Waals surface area contributed by atoms with Crippen molar-refractivity contribution in [3.63, 3.8) is 0 Å². The third-order valence-corrected chi connectivity index (χ3v) is 16.4. The Morgan fingerprint density at radius 2 is 0.722 bits per heavy atom. The van der Waals surface area contributed by atoms with Crippen LogP contribution in [-0.2, 0) is 33.2 Å². The van der Waals surface area contributed by atoms with Crippen molar-refractivity contribution in [1.82, 2.24) is 5.32 Å². The highest BCUT2D eigenvalue weighted by Gasteiger charge is 2.53. The third-order valence-electron chi connectivity index (χ3n) is 16.4. The molecule has 17 unspecified atom stereocenters. The SMILES string of the molecule is CCCCCCCCCCCCCCCCCCCCCCCCCCCCCCCCCCCC(O)C(COC1OC(CO)C(OC2OC(CO)C(OC3OC(CO)C(O)C(O)C3O)C(O)C2O)C(O)C1O)NC(=O)CCC. The van der Waals surface area contributed by atoms with Gasteiger partial charge in [-0.05, 0) is 12.8 Å². The topological polar surface area (TPSA) is 307 Å². The van der Waals surface area contributed by atoms with Gasteiger partial charge in [0, 0.05) is 6.42 Å². The largest absolute Gasteiger partial charge is 0.394 e. The van der Waals surface area contributed by atoms with E-state index in [4.69, 9.17) is 28.4 Å². The smallest absolute Gasteiger partial charge is 0.220 e. The predicted octanol–water partition coefficient (Wildman–Crippen LogP) is 6.38. The van der Waals surface area contributed by atoms with Crippen molar-refractivity contribution < 1.29 is 89.4 Å². The normalized spacial score (nSPS) is 30.2. The van der Waals surface area contributed by atoms with Gasteiger partial charge in [-0.2, -0.15) is 0 Å². The van der Waals surface area contributed by atoms with Gasteiger partial charge in [-0.1, -0.05) is 226 Å². The summed E-state index contributed by atoms with van der Waals surface area (Å²) in [5.74, 6) is -0.293. The van der Waals surface area contributed by atoms with E-state index in [1.807, 2.05) is 6.92 Å². The van der Waals surface area contributed by atoms with Crippen LogP contribution in [-0.4, -0.2) is 193 Å². The van der Waals surface area contributed by atoms with Gasteiger partial charge in [0.2, 0.25) is 5.91 Å². The Labute approximate surface area is 474 Å². The number of ether oxygens (including phenoxy) is 6. The van der Waals surface area contributed by atoms with Gasteiger partial charge >= 0.3 is 0 Å². The van der Waals surface area contributed by atoms with Gasteiger partial charge in [0.05, 0.1) is 38.6 Å². The van der Waals surface area contributed by atoms with Crippen molar-refractivity contribution in [2.75, 3.05) is 26.4 Å². The van der Waals surface area contributed by atoms with Crippen LogP contribution in [0.1, 0.15) is 245 Å². The number of hydrogen-bond donors (Lipinski definition) is 12. The van der Waals surface area contributed by atoms with Crippen LogP contribution in [0.5, 0.6) is 0 Å². The summed E-state index contributed by atoms with van der Waals surface area (Å²) in [5.41, 5.74) is 0. The minimum absolute atomic E-state index is 0.220. The summed E-state index contributed by atoms with van der Waals surface area (Å²) in [6, 6.07) is -0.877. The van der Waals surface area contributed by atoms with Gasteiger partial charge in [-0.15, -0.1) is 0 Å². The first-order valence-corrected chi connectivity index (χ1v) is 31.8. The molecule has 0 aromatic carbocycles. The molecule has 19 nitrogen and oxygen atoms in total. The Kier molecular flexibility index (Phi) is 40.4. The summed E-state index contributed by atoms with van der Waals surface area (Å²) in [5, 5.41) is 119. The zero-order valence-corrected chi connectivity index (χ0v) is 48.9. The fourth-order valence-electron chi connectivity index (χ4n) is 11.2. The zero-order chi connectivity index (χ0) is 57.6. The Hall–Kier alpha value is -1.21. The molecule has 0 radical (unpaired) electrons.